The first-order chi connectivity index (χ1) is 10.7. The highest BCUT2D eigenvalue weighted by Crippen LogP contribution is 2.26. The maximum atomic E-state index is 11.5. The number of ether oxygens (including phenoxy) is 1. The maximum Gasteiger partial charge on any atom is 0.170 e. The number of hydrogen-bond acceptors (Lipinski definition) is 5. The summed E-state index contributed by atoms with van der Waals surface area (Å²) in [5.41, 5.74) is 3.07. The van der Waals surface area contributed by atoms with Crippen molar-refractivity contribution in [3.63, 3.8) is 0 Å². The van der Waals surface area contributed by atoms with Gasteiger partial charge in [0.1, 0.15) is 5.69 Å². The highest BCUT2D eigenvalue weighted by atomic mass is 16.5. The first-order valence-electron chi connectivity index (χ1n) is 7.44. The van der Waals surface area contributed by atoms with E-state index in [1.807, 2.05) is 38.1 Å². The highest BCUT2D eigenvalue weighted by molar-refractivity contribution is 5.83. The number of carbonyl (C=O) groups excluding carboxylic acids is 1. The second-order valence-corrected chi connectivity index (χ2v) is 5.62. The molecule has 1 fully saturated rings. The van der Waals surface area contributed by atoms with E-state index in [1.165, 1.54) is 0 Å². The molecule has 0 aliphatic carbocycles. The van der Waals surface area contributed by atoms with Crippen LogP contribution in [0, 0.1) is 0 Å². The van der Waals surface area contributed by atoms with E-state index < -0.39 is 0 Å². The van der Waals surface area contributed by atoms with Crippen LogP contribution in [0.4, 0.5) is 5.69 Å². The van der Waals surface area contributed by atoms with Crippen LogP contribution in [-0.2, 0) is 4.74 Å². The minimum absolute atomic E-state index is 0.142. The van der Waals surface area contributed by atoms with Crippen LogP contribution in [0.2, 0.25) is 0 Å². The summed E-state index contributed by atoms with van der Waals surface area (Å²) in [6.45, 7) is 5.62. The Bertz CT molecular complexity index is 650. The summed E-state index contributed by atoms with van der Waals surface area (Å²) >= 11 is 0. The molecule has 0 amide bonds. The quantitative estimate of drug-likeness (QED) is 0.815. The summed E-state index contributed by atoms with van der Waals surface area (Å²) in [6, 6.07) is 7.69. The van der Waals surface area contributed by atoms with Crippen molar-refractivity contribution in [3.05, 3.63) is 42.4 Å². The van der Waals surface area contributed by atoms with E-state index in [1.54, 1.807) is 12.4 Å². The standard InChI is InChI=1S/C17H19N3O2/c1-12-9-20(10-13(2)22-12)17-4-3-15(19-16(17)11-21)14-5-7-18-8-6-14/h3-8,11-13H,9-10H2,1-2H3/t12-,13+. The lowest BCUT2D eigenvalue weighted by atomic mass is 10.1. The van der Waals surface area contributed by atoms with E-state index in [0.29, 0.717) is 5.69 Å². The zero-order valence-corrected chi connectivity index (χ0v) is 12.8. The number of aromatic nitrogens is 2. The van der Waals surface area contributed by atoms with Crippen LogP contribution in [0.3, 0.4) is 0 Å². The molecule has 1 saturated heterocycles. The molecule has 114 valence electrons. The molecule has 0 radical (unpaired) electrons. The fourth-order valence-corrected chi connectivity index (χ4v) is 2.88. The molecule has 2 atom stereocenters. The monoisotopic (exact) mass is 297 g/mol. The molecule has 0 aromatic carbocycles. The van der Waals surface area contributed by atoms with Crippen molar-refractivity contribution < 1.29 is 9.53 Å². The Morgan fingerprint density at radius 1 is 1.14 bits per heavy atom. The molecule has 0 N–H and O–H groups in total. The normalized spacial score (nSPS) is 21.6. The number of hydrogen-bond donors (Lipinski definition) is 0. The van der Waals surface area contributed by atoms with E-state index in [0.717, 1.165) is 36.3 Å². The molecule has 2 aromatic heterocycles. The van der Waals surface area contributed by atoms with Gasteiger partial charge in [-0.3, -0.25) is 9.78 Å². The molecule has 22 heavy (non-hydrogen) atoms. The van der Waals surface area contributed by atoms with E-state index in [4.69, 9.17) is 4.74 Å². The summed E-state index contributed by atoms with van der Waals surface area (Å²) in [5, 5.41) is 0. The molecule has 1 aliphatic rings. The van der Waals surface area contributed by atoms with Crippen molar-refractivity contribution in [1.82, 2.24) is 9.97 Å². The summed E-state index contributed by atoms with van der Waals surface area (Å²) in [5.74, 6) is 0. The Hall–Kier alpha value is -2.27. The number of nitrogens with zero attached hydrogens (tertiary/aromatic N) is 3. The summed E-state index contributed by atoms with van der Waals surface area (Å²) in [4.78, 5) is 22.2. The molecule has 0 saturated carbocycles. The van der Waals surface area contributed by atoms with Crippen LogP contribution >= 0.6 is 0 Å². The predicted octanol–water partition coefficient (Wildman–Crippen LogP) is 2.57. The number of pyridine rings is 2. The molecule has 5 heteroatoms. The SMILES string of the molecule is C[C@@H]1CN(c2ccc(-c3ccncc3)nc2C=O)C[C@H](C)O1. The third-order valence-electron chi connectivity index (χ3n) is 3.75. The summed E-state index contributed by atoms with van der Waals surface area (Å²) in [7, 11) is 0. The van der Waals surface area contributed by atoms with Gasteiger partial charge in [0.15, 0.2) is 6.29 Å². The van der Waals surface area contributed by atoms with Gasteiger partial charge in [-0.25, -0.2) is 4.98 Å². The van der Waals surface area contributed by atoms with Crippen LogP contribution in [0.15, 0.2) is 36.7 Å². The molecule has 5 nitrogen and oxygen atoms in total. The van der Waals surface area contributed by atoms with Crippen molar-refractivity contribution in [2.45, 2.75) is 26.1 Å². The average molecular weight is 297 g/mol. The molecule has 0 spiro atoms. The Balaban J connectivity index is 1.94. The lowest BCUT2D eigenvalue weighted by Crippen LogP contribution is -2.45. The first kappa shape index (κ1) is 14.7. The van der Waals surface area contributed by atoms with Gasteiger partial charge in [-0.05, 0) is 38.1 Å². The maximum absolute atomic E-state index is 11.5. The van der Waals surface area contributed by atoms with Gasteiger partial charge in [0, 0.05) is 31.0 Å². The smallest absolute Gasteiger partial charge is 0.170 e. The number of aldehydes is 1. The molecule has 3 heterocycles. The lowest BCUT2D eigenvalue weighted by molar-refractivity contribution is -0.00527. The Labute approximate surface area is 130 Å². The summed E-state index contributed by atoms with van der Waals surface area (Å²) in [6.07, 6.45) is 4.55. The fourth-order valence-electron chi connectivity index (χ4n) is 2.88. The molecular formula is C17H19N3O2. The molecular weight excluding hydrogens is 278 g/mol. The van der Waals surface area contributed by atoms with Crippen LogP contribution in [-0.4, -0.2) is 41.6 Å². The van der Waals surface area contributed by atoms with E-state index in [-0.39, 0.29) is 12.2 Å². The molecule has 0 unspecified atom stereocenters. The van der Waals surface area contributed by atoms with Crippen molar-refractivity contribution in [2.75, 3.05) is 18.0 Å². The van der Waals surface area contributed by atoms with E-state index >= 15 is 0 Å². The largest absolute Gasteiger partial charge is 0.372 e. The zero-order valence-electron chi connectivity index (χ0n) is 12.8. The number of rotatable bonds is 3. The first-order valence-corrected chi connectivity index (χ1v) is 7.44. The van der Waals surface area contributed by atoms with Crippen molar-refractivity contribution in [1.29, 1.82) is 0 Å². The van der Waals surface area contributed by atoms with Gasteiger partial charge in [-0.2, -0.15) is 0 Å². The third kappa shape index (κ3) is 2.99. The zero-order chi connectivity index (χ0) is 15.5. The van der Waals surface area contributed by atoms with E-state index in [9.17, 15) is 4.79 Å². The van der Waals surface area contributed by atoms with Crippen LogP contribution in [0.1, 0.15) is 24.3 Å². The van der Waals surface area contributed by atoms with Gasteiger partial charge >= 0.3 is 0 Å². The Morgan fingerprint density at radius 2 is 1.82 bits per heavy atom. The van der Waals surface area contributed by atoms with Gasteiger partial charge in [-0.1, -0.05) is 0 Å². The second-order valence-electron chi connectivity index (χ2n) is 5.62. The Kier molecular flexibility index (Phi) is 4.15. The van der Waals surface area contributed by atoms with Gasteiger partial charge in [0.2, 0.25) is 0 Å². The molecule has 1 aliphatic heterocycles. The highest BCUT2D eigenvalue weighted by Gasteiger charge is 2.24. The number of anilines is 1. The number of carbonyl (C=O) groups is 1. The molecule has 3 rings (SSSR count). The molecule has 2 aromatic rings. The minimum Gasteiger partial charge on any atom is -0.372 e. The lowest BCUT2D eigenvalue weighted by Gasteiger charge is -2.37. The summed E-state index contributed by atoms with van der Waals surface area (Å²) < 4.78 is 5.75. The third-order valence-corrected chi connectivity index (χ3v) is 3.75. The van der Waals surface area contributed by atoms with Crippen molar-refractivity contribution >= 4 is 12.0 Å². The van der Waals surface area contributed by atoms with Crippen molar-refractivity contribution in [2.24, 2.45) is 0 Å². The van der Waals surface area contributed by atoms with Gasteiger partial charge in [0.25, 0.3) is 0 Å². The average Bonchev–Trinajstić information content (AvgIpc) is 2.54. The minimum atomic E-state index is 0.142. The second kappa shape index (κ2) is 6.23. The van der Waals surface area contributed by atoms with Gasteiger partial charge < -0.3 is 9.64 Å². The van der Waals surface area contributed by atoms with Crippen molar-refractivity contribution in [3.8, 4) is 11.3 Å². The Morgan fingerprint density at radius 3 is 2.45 bits per heavy atom. The predicted molar refractivity (Wildman–Crippen MR) is 85.1 cm³/mol. The fraction of sp³-hybridized carbons (Fsp3) is 0.353. The van der Waals surface area contributed by atoms with E-state index in [2.05, 4.69) is 14.9 Å². The van der Waals surface area contributed by atoms with Gasteiger partial charge in [-0.15, -0.1) is 0 Å². The topological polar surface area (TPSA) is 55.3 Å². The van der Waals surface area contributed by atoms with Gasteiger partial charge in [0.05, 0.1) is 23.6 Å². The van der Waals surface area contributed by atoms with Crippen LogP contribution in [0.5, 0.6) is 0 Å². The van der Waals surface area contributed by atoms with Crippen LogP contribution in [0.25, 0.3) is 11.3 Å². The molecule has 0 bridgehead atoms. The number of morpholine rings is 1. The van der Waals surface area contributed by atoms with Crippen LogP contribution < -0.4 is 4.90 Å².